The maximum atomic E-state index is 5.94. The molecule has 0 amide bonds. The van der Waals surface area contributed by atoms with Crippen molar-refractivity contribution in [1.82, 2.24) is 0 Å². The van der Waals surface area contributed by atoms with Crippen molar-refractivity contribution in [1.29, 1.82) is 0 Å². The molecule has 0 saturated heterocycles. The number of nitrogens with two attached hydrogens (primary N) is 1. The molecule has 0 aliphatic carbocycles. The van der Waals surface area contributed by atoms with Crippen molar-refractivity contribution in [2.45, 2.75) is 19.1 Å². The Labute approximate surface area is 113 Å². The van der Waals surface area contributed by atoms with Crippen molar-refractivity contribution in [3.63, 3.8) is 0 Å². The predicted molar refractivity (Wildman–Crippen MR) is 74.4 cm³/mol. The summed E-state index contributed by atoms with van der Waals surface area (Å²) in [4.78, 5) is 0. The molecule has 2 aromatic rings. The van der Waals surface area contributed by atoms with E-state index in [4.69, 9.17) is 15.2 Å². The van der Waals surface area contributed by atoms with E-state index in [-0.39, 0.29) is 12.1 Å². The second-order valence-corrected chi connectivity index (χ2v) is 4.79. The zero-order valence-corrected chi connectivity index (χ0v) is 10.9. The molecule has 0 saturated carbocycles. The van der Waals surface area contributed by atoms with Gasteiger partial charge in [0.25, 0.3) is 0 Å². The van der Waals surface area contributed by atoms with Gasteiger partial charge in [-0.3, -0.25) is 0 Å². The van der Waals surface area contributed by atoms with E-state index in [0.29, 0.717) is 6.61 Å². The molecule has 0 fully saturated rings. The topological polar surface area (TPSA) is 44.5 Å². The molecule has 1 aliphatic heterocycles. The Morgan fingerprint density at radius 1 is 1.21 bits per heavy atom. The molecule has 3 nitrogen and oxygen atoms in total. The van der Waals surface area contributed by atoms with Crippen molar-refractivity contribution in [3.05, 3.63) is 59.7 Å². The summed E-state index contributed by atoms with van der Waals surface area (Å²) in [6.07, 6.45) is 0.00864. The number of benzene rings is 2. The first-order chi connectivity index (χ1) is 9.24. The molecule has 3 rings (SSSR count). The molecule has 2 N–H and O–H groups in total. The quantitative estimate of drug-likeness (QED) is 0.915. The Balaban J connectivity index is 1.77. The van der Waals surface area contributed by atoms with Crippen LogP contribution in [0.25, 0.3) is 0 Å². The summed E-state index contributed by atoms with van der Waals surface area (Å²) in [5.41, 5.74) is 8.13. The molecule has 1 aliphatic rings. The second kappa shape index (κ2) is 4.94. The number of hydrogen-bond donors (Lipinski definition) is 1. The summed E-state index contributed by atoms with van der Waals surface area (Å²) >= 11 is 0. The smallest absolute Gasteiger partial charge is 0.127 e. The van der Waals surface area contributed by atoms with E-state index in [1.165, 1.54) is 0 Å². The van der Waals surface area contributed by atoms with Crippen molar-refractivity contribution >= 4 is 0 Å². The average molecular weight is 255 g/mol. The van der Waals surface area contributed by atoms with Crippen LogP contribution in [0.5, 0.6) is 11.5 Å². The lowest BCUT2D eigenvalue weighted by Crippen LogP contribution is -2.10. The lowest BCUT2D eigenvalue weighted by molar-refractivity contribution is 0.225. The molecule has 0 spiro atoms. The van der Waals surface area contributed by atoms with E-state index in [9.17, 15) is 0 Å². The van der Waals surface area contributed by atoms with Gasteiger partial charge in [-0.2, -0.15) is 0 Å². The van der Waals surface area contributed by atoms with E-state index in [1.807, 2.05) is 43.3 Å². The van der Waals surface area contributed by atoms with Crippen LogP contribution in [-0.2, 0) is 0 Å². The van der Waals surface area contributed by atoms with Crippen molar-refractivity contribution in [2.24, 2.45) is 5.73 Å². The number of rotatable bonds is 3. The molecule has 3 heteroatoms. The van der Waals surface area contributed by atoms with Gasteiger partial charge in [-0.15, -0.1) is 0 Å². The summed E-state index contributed by atoms with van der Waals surface area (Å²) in [5.74, 6) is 1.65. The Morgan fingerprint density at radius 3 is 2.79 bits per heavy atom. The second-order valence-electron chi connectivity index (χ2n) is 4.79. The highest BCUT2D eigenvalue weighted by Crippen LogP contribution is 2.35. The molecule has 0 aromatic heterocycles. The SMILES string of the molecule is CC(Oc1ccc2c(c1)OCC2N)c1ccccc1. The van der Waals surface area contributed by atoms with E-state index in [0.717, 1.165) is 22.6 Å². The molecule has 19 heavy (non-hydrogen) atoms. The Hall–Kier alpha value is -2.00. The van der Waals surface area contributed by atoms with Crippen LogP contribution in [0.4, 0.5) is 0 Å². The number of fused-ring (bicyclic) bond motifs is 1. The van der Waals surface area contributed by atoms with Gasteiger partial charge in [-0.25, -0.2) is 0 Å². The third kappa shape index (κ3) is 2.42. The van der Waals surface area contributed by atoms with Gasteiger partial charge in [0, 0.05) is 11.6 Å². The molecule has 98 valence electrons. The molecule has 2 unspecified atom stereocenters. The van der Waals surface area contributed by atoms with E-state index >= 15 is 0 Å². The van der Waals surface area contributed by atoms with Gasteiger partial charge in [0.1, 0.15) is 24.2 Å². The van der Waals surface area contributed by atoms with Crippen LogP contribution in [0, 0.1) is 0 Å². The molecule has 0 radical (unpaired) electrons. The van der Waals surface area contributed by atoms with Crippen molar-refractivity contribution < 1.29 is 9.47 Å². The highest BCUT2D eigenvalue weighted by Gasteiger charge is 2.21. The summed E-state index contributed by atoms with van der Waals surface area (Å²) in [7, 11) is 0. The minimum Gasteiger partial charge on any atom is -0.491 e. The van der Waals surface area contributed by atoms with E-state index in [1.54, 1.807) is 0 Å². The average Bonchev–Trinajstić information content (AvgIpc) is 2.81. The Kier molecular flexibility index (Phi) is 3.13. The third-order valence-corrected chi connectivity index (χ3v) is 3.38. The summed E-state index contributed by atoms with van der Waals surface area (Å²) in [6, 6.07) is 16.0. The molecule has 1 heterocycles. The van der Waals surface area contributed by atoms with E-state index < -0.39 is 0 Å². The normalized spacial score (nSPS) is 18.5. The van der Waals surface area contributed by atoms with Crippen LogP contribution >= 0.6 is 0 Å². The van der Waals surface area contributed by atoms with Crippen LogP contribution in [0.1, 0.15) is 30.2 Å². The maximum absolute atomic E-state index is 5.94. The predicted octanol–water partition coefficient (Wildman–Crippen LogP) is 3.22. The lowest BCUT2D eigenvalue weighted by atomic mass is 10.1. The van der Waals surface area contributed by atoms with Crippen molar-refractivity contribution in [2.75, 3.05) is 6.61 Å². The van der Waals surface area contributed by atoms with Gasteiger partial charge in [0.05, 0.1) is 6.04 Å². The van der Waals surface area contributed by atoms with Crippen LogP contribution in [0.15, 0.2) is 48.5 Å². The molecular weight excluding hydrogens is 238 g/mol. The molecule has 2 atom stereocenters. The fourth-order valence-electron chi connectivity index (χ4n) is 2.28. The lowest BCUT2D eigenvalue weighted by Gasteiger charge is -2.15. The fourth-order valence-corrected chi connectivity index (χ4v) is 2.28. The summed E-state index contributed by atoms with van der Waals surface area (Å²) < 4.78 is 11.5. The van der Waals surface area contributed by atoms with Gasteiger partial charge in [0.2, 0.25) is 0 Å². The van der Waals surface area contributed by atoms with Gasteiger partial charge in [-0.05, 0) is 24.6 Å². The summed E-state index contributed by atoms with van der Waals surface area (Å²) in [5, 5.41) is 0. The van der Waals surface area contributed by atoms with Crippen LogP contribution in [0.3, 0.4) is 0 Å². The fraction of sp³-hybridized carbons (Fsp3) is 0.250. The molecule has 0 bridgehead atoms. The van der Waals surface area contributed by atoms with Gasteiger partial charge >= 0.3 is 0 Å². The number of ether oxygens (including phenoxy) is 2. The van der Waals surface area contributed by atoms with Crippen LogP contribution in [0.2, 0.25) is 0 Å². The zero-order valence-electron chi connectivity index (χ0n) is 10.9. The highest BCUT2D eigenvalue weighted by molar-refractivity contribution is 5.45. The molecular formula is C16H17NO2. The van der Waals surface area contributed by atoms with Crippen LogP contribution < -0.4 is 15.2 Å². The first kappa shape index (κ1) is 12.1. The monoisotopic (exact) mass is 255 g/mol. The van der Waals surface area contributed by atoms with Gasteiger partial charge < -0.3 is 15.2 Å². The first-order valence-electron chi connectivity index (χ1n) is 6.48. The highest BCUT2D eigenvalue weighted by atomic mass is 16.5. The first-order valence-corrected chi connectivity index (χ1v) is 6.48. The largest absolute Gasteiger partial charge is 0.491 e. The third-order valence-electron chi connectivity index (χ3n) is 3.38. The van der Waals surface area contributed by atoms with E-state index in [2.05, 4.69) is 12.1 Å². The minimum atomic E-state index is -0.0180. The van der Waals surface area contributed by atoms with Crippen molar-refractivity contribution in [3.8, 4) is 11.5 Å². The standard InChI is InChI=1S/C16H17NO2/c1-11(12-5-3-2-4-6-12)19-13-7-8-14-15(17)10-18-16(14)9-13/h2-9,11,15H,10,17H2,1H3. The minimum absolute atomic E-state index is 0.00864. The maximum Gasteiger partial charge on any atom is 0.127 e. The summed E-state index contributed by atoms with van der Waals surface area (Å²) in [6.45, 7) is 2.59. The Bertz CT molecular complexity index is 568. The van der Waals surface area contributed by atoms with Gasteiger partial charge in [0.15, 0.2) is 0 Å². The van der Waals surface area contributed by atoms with Crippen LogP contribution in [-0.4, -0.2) is 6.61 Å². The van der Waals surface area contributed by atoms with Gasteiger partial charge in [-0.1, -0.05) is 30.3 Å². The Morgan fingerprint density at radius 2 is 2.00 bits per heavy atom. The zero-order chi connectivity index (χ0) is 13.2. The number of hydrogen-bond acceptors (Lipinski definition) is 3. The molecule has 2 aromatic carbocycles.